The number of aromatic nitrogens is 3. The highest BCUT2D eigenvalue weighted by atomic mass is 16.5. The number of nitrogens with zero attached hydrogens (tertiary/aromatic N) is 3. The van der Waals surface area contributed by atoms with E-state index in [1.807, 2.05) is 13.8 Å². The molecule has 0 saturated heterocycles. The number of pyridine rings is 1. The fourth-order valence-electron chi connectivity index (χ4n) is 1.39. The van der Waals surface area contributed by atoms with Gasteiger partial charge >= 0.3 is 0 Å². The molecule has 0 saturated carbocycles. The van der Waals surface area contributed by atoms with Crippen LogP contribution in [0.3, 0.4) is 0 Å². The lowest BCUT2D eigenvalue weighted by atomic mass is 10.1. The predicted molar refractivity (Wildman–Crippen MR) is 59.8 cm³/mol. The first kappa shape index (κ1) is 11.7. The largest absolute Gasteiger partial charge is 0.339 e. The molecule has 0 amide bonds. The number of rotatable bonds is 4. The van der Waals surface area contributed by atoms with Crippen molar-refractivity contribution in [2.24, 2.45) is 0 Å². The second-order valence-electron chi connectivity index (χ2n) is 3.93. The topological polar surface area (TPSA) is 71.7 Å². The van der Waals surface area contributed by atoms with Crippen LogP contribution in [-0.4, -0.2) is 15.1 Å². The van der Waals surface area contributed by atoms with Gasteiger partial charge < -0.3 is 4.52 Å². The summed E-state index contributed by atoms with van der Waals surface area (Å²) in [4.78, 5) is 8.12. The van der Waals surface area contributed by atoms with Crippen molar-refractivity contribution in [2.45, 2.75) is 32.3 Å². The van der Waals surface area contributed by atoms with Crippen LogP contribution in [0.5, 0.6) is 0 Å². The molecule has 5 heteroatoms. The van der Waals surface area contributed by atoms with Crippen molar-refractivity contribution in [1.29, 1.82) is 0 Å². The Labute approximate surface area is 99.5 Å². The quantitative estimate of drug-likeness (QED) is 0.811. The van der Waals surface area contributed by atoms with Gasteiger partial charge in [-0.15, -0.1) is 0 Å². The van der Waals surface area contributed by atoms with E-state index in [1.165, 1.54) is 0 Å². The Morgan fingerprint density at radius 2 is 2.24 bits per heavy atom. The number of hydrogen-bond donors (Lipinski definition) is 0. The lowest BCUT2D eigenvalue weighted by molar-refractivity contribution is 0.110. The Morgan fingerprint density at radius 3 is 2.88 bits per heavy atom. The summed E-state index contributed by atoms with van der Waals surface area (Å²) in [5.74, 6) is 0.838. The average Bonchev–Trinajstić information content (AvgIpc) is 2.87. The molecule has 2 aromatic rings. The molecule has 0 aromatic carbocycles. The molecule has 2 aromatic heterocycles. The van der Waals surface area contributed by atoms with Crippen LogP contribution < -0.4 is 0 Å². The molecule has 0 spiro atoms. The van der Waals surface area contributed by atoms with Crippen LogP contribution >= 0.6 is 0 Å². The fourth-order valence-corrected chi connectivity index (χ4v) is 1.39. The first-order valence-corrected chi connectivity index (χ1v) is 5.62. The normalized spacial score (nSPS) is 14.5. The third-order valence-electron chi connectivity index (χ3n) is 2.68. The van der Waals surface area contributed by atoms with Gasteiger partial charge in [-0.2, -0.15) is 4.98 Å². The first-order chi connectivity index (χ1) is 8.22. The maximum atomic E-state index is 12.0. The van der Waals surface area contributed by atoms with Gasteiger partial charge in [0.1, 0.15) is 0 Å². The monoisotopic (exact) mass is 232 g/mol. The molecule has 0 aliphatic rings. The van der Waals surface area contributed by atoms with E-state index in [9.17, 15) is 5.11 Å². The van der Waals surface area contributed by atoms with E-state index in [2.05, 4.69) is 15.1 Å². The molecule has 2 unspecified atom stereocenters. The third-order valence-corrected chi connectivity index (χ3v) is 2.68. The summed E-state index contributed by atoms with van der Waals surface area (Å²) in [5.41, 5.74) is 0.406. The molecular formula is C12H14N3O2. The van der Waals surface area contributed by atoms with Gasteiger partial charge in [-0.3, -0.25) is 4.98 Å². The van der Waals surface area contributed by atoms with Crippen molar-refractivity contribution in [3.63, 3.8) is 0 Å². The van der Waals surface area contributed by atoms with E-state index >= 15 is 0 Å². The zero-order chi connectivity index (χ0) is 12.3. The Morgan fingerprint density at radius 1 is 1.41 bits per heavy atom. The van der Waals surface area contributed by atoms with E-state index < -0.39 is 6.10 Å². The van der Waals surface area contributed by atoms with Crippen LogP contribution in [-0.2, 0) is 5.11 Å². The summed E-state index contributed by atoms with van der Waals surface area (Å²) in [7, 11) is 0. The van der Waals surface area contributed by atoms with Gasteiger partial charge in [0, 0.05) is 12.1 Å². The third kappa shape index (κ3) is 2.50. The minimum absolute atomic E-state index is 0.152. The van der Waals surface area contributed by atoms with Crippen LogP contribution in [0.15, 0.2) is 28.9 Å². The minimum Gasteiger partial charge on any atom is -0.339 e. The molecule has 5 nitrogen and oxygen atoms in total. The zero-order valence-electron chi connectivity index (χ0n) is 9.83. The lowest BCUT2D eigenvalue weighted by Gasteiger charge is -2.01. The van der Waals surface area contributed by atoms with Crippen molar-refractivity contribution in [1.82, 2.24) is 15.1 Å². The van der Waals surface area contributed by atoms with Crippen molar-refractivity contribution in [2.75, 3.05) is 0 Å². The van der Waals surface area contributed by atoms with E-state index in [0.717, 1.165) is 6.42 Å². The molecule has 17 heavy (non-hydrogen) atoms. The lowest BCUT2D eigenvalue weighted by Crippen LogP contribution is -2.03. The highest BCUT2D eigenvalue weighted by molar-refractivity contribution is 5.13. The summed E-state index contributed by atoms with van der Waals surface area (Å²) in [6.45, 7) is 4.01. The molecule has 0 aliphatic carbocycles. The second-order valence-corrected chi connectivity index (χ2v) is 3.93. The van der Waals surface area contributed by atoms with E-state index in [0.29, 0.717) is 11.6 Å². The summed E-state index contributed by atoms with van der Waals surface area (Å²) < 4.78 is 5.07. The molecule has 1 radical (unpaired) electrons. The molecule has 2 atom stereocenters. The molecule has 2 heterocycles. The Kier molecular flexibility index (Phi) is 3.49. The number of hydrogen-bond acceptors (Lipinski definition) is 4. The molecule has 0 fully saturated rings. The fraction of sp³-hybridized carbons (Fsp3) is 0.417. The maximum Gasteiger partial charge on any atom is 0.229 e. The highest BCUT2D eigenvalue weighted by Crippen LogP contribution is 2.21. The predicted octanol–water partition coefficient (Wildman–Crippen LogP) is 2.50. The van der Waals surface area contributed by atoms with Crippen molar-refractivity contribution < 1.29 is 9.63 Å². The molecule has 0 N–H and O–H groups in total. The Hall–Kier alpha value is -1.75. The first-order valence-electron chi connectivity index (χ1n) is 5.62. The van der Waals surface area contributed by atoms with Crippen molar-refractivity contribution >= 4 is 0 Å². The average molecular weight is 232 g/mol. The highest BCUT2D eigenvalue weighted by Gasteiger charge is 2.21. The van der Waals surface area contributed by atoms with E-state index in [-0.39, 0.29) is 11.7 Å². The van der Waals surface area contributed by atoms with Crippen molar-refractivity contribution in [3.05, 3.63) is 41.8 Å². The van der Waals surface area contributed by atoms with Crippen LogP contribution in [0.1, 0.15) is 49.7 Å². The standard InChI is InChI=1S/C12H14N3O2/c1-3-8(2)12-14-11(15-17-12)10(16)9-6-4-5-7-13-9/h4-8,10H,3H2,1-2H3. The van der Waals surface area contributed by atoms with Gasteiger partial charge in [-0.25, -0.2) is 5.11 Å². The van der Waals surface area contributed by atoms with Gasteiger partial charge in [0.05, 0.1) is 5.69 Å². The van der Waals surface area contributed by atoms with Crippen molar-refractivity contribution in [3.8, 4) is 0 Å². The zero-order valence-corrected chi connectivity index (χ0v) is 9.83. The summed E-state index contributed by atoms with van der Waals surface area (Å²) in [6.07, 6.45) is 1.29. The smallest absolute Gasteiger partial charge is 0.229 e. The van der Waals surface area contributed by atoms with Crippen LogP contribution in [0.2, 0.25) is 0 Å². The molecule has 89 valence electrons. The molecular weight excluding hydrogens is 218 g/mol. The summed E-state index contributed by atoms with van der Waals surface area (Å²) >= 11 is 0. The minimum atomic E-state index is -1.18. The van der Waals surface area contributed by atoms with Crippen LogP contribution in [0, 0.1) is 0 Å². The SMILES string of the molecule is CCC(C)c1nc(C([O])c2ccccn2)no1. The van der Waals surface area contributed by atoms with Crippen LogP contribution in [0.25, 0.3) is 0 Å². The van der Waals surface area contributed by atoms with Gasteiger partial charge in [0.15, 0.2) is 6.10 Å². The van der Waals surface area contributed by atoms with Gasteiger partial charge in [0.2, 0.25) is 11.7 Å². The summed E-state index contributed by atoms with van der Waals surface area (Å²) in [6, 6.07) is 5.19. The Balaban J connectivity index is 2.20. The van der Waals surface area contributed by atoms with E-state index in [4.69, 9.17) is 4.52 Å². The Bertz CT molecular complexity index is 470. The second kappa shape index (κ2) is 5.05. The van der Waals surface area contributed by atoms with E-state index in [1.54, 1.807) is 24.4 Å². The van der Waals surface area contributed by atoms with Gasteiger partial charge in [-0.05, 0) is 18.6 Å². The van der Waals surface area contributed by atoms with Gasteiger partial charge in [-0.1, -0.05) is 25.1 Å². The maximum absolute atomic E-state index is 12.0. The molecule has 0 bridgehead atoms. The molecule has 2 rings (SSSR count). The van der Waals surface area contributed by atoms with Gasteiger partial charge in [0.25, 0.3) is 0 Å². The molecule has 0 aliphatic heterocycles. The summed E-state index contributed by atoms with van der Waals surface area (Å²) in [5, 5.41) is 15.7. The van der Waals surface area contributed by atoms with Crippen LogP contribution in [0.4, 0.5) is 0 Å².